The van der Waals surface area contributed by atoms with Gasteiger partial charge in [0.25, 0.3) is 0 Å². The number of aliphatic hydroxyl groups is 1. The number of likely N-dealkylation sites (tertiary alicyclic amines) is 1. The van der Waals surface area contributed by atoms with E-state index in [0.717, 1.165) is 25.4 Å². The summed E-state index contributed by atoms with van der Waals surface area (Å²) in [5, 5.41) is 13.1. The van der Waals surface area contributed by atoms with Gasteiger partial charge in [0.15, 0.2) is 0 Å². The number of piperidine rings is 1. The lowest BCUT2D eigenvalue weighted by molar-refractivity contribution is 0.0794. The summed E-state index contributed by atoms with van der Waals surface area (Å²) >= 11 is 0. The van der Waals surface area contributed by atoms with Crippen LogP contribution in [-0.2, 0) is 0 Å². The molecule has 2 fully saturated rings. The van der Waals surface area contributed by atoms with Crippen molar-refractivity contribution >= 4 is 0 Å². The predicted octanol–water partition coefficient (Wildman–Crippen LogP) is 0.443. The van der Waals surface area contributed by atoms with Crippen molar-refractivity contribution in [1.82, 2.24) is 10.2 Å². The number of nitrogens with one attached hydrogen (secondary N) is 1. The van der Waals surface area contributed by atoms with Gasteiger partial charge in [-0.2, -0.15) is 0 Å². The Bertz CT molecular complexity index is 194. The standard InChI is InChI=1S/C11H22N2O/c1-13-6-2-5-11(8-13,9-14)12-7-10-3-4-10/h10,12,14H,2-9H2,1H3. The summed E-state index contributed by atoms with van der Waals surface area (Å²) in [6.45, 7) is 3.56. The number of rotatable bonds is 4. The number of likely N-dealkylation sites (N-methyl/N-ethyl adjacent to an activating group) is 1. The molecule has 0 amide bonds. The monoisotopic (exact) mass is 198 g/mol. The van der Waals surface area contributed by atoms with Gasteiger partial charge in [-0.15, -0.1) is 0 Å². The summed E-state index contributed by atoms with van der Waals surface area (Å²) in [6, 6.07) is 0. The van der Waals surface area contributed by atoms with E-state index in [4.69, 9.17) is 0 Å². The fraction of sp³-hybridized carbons (Fsp3) is 1.00. The van der Waals surface area contributed by atoms with E-state index < -0.39 is 0 Å². The smallest absolute Gasteiger partial charge is 0.0625 e. The molecule has 2 N–H and O–H groups in total. The highest BCUT2D eigenvalue weighted by Crippen LogP contribution is 2.29. The van der Waals surface area contributed by atoms with Crippen LogP contribution in [0.1, 0.15) is 25.7 Å². The molecule has 14 heavy (non-hydrogen) atoms. The molecule has 0 bridgehead atoms. The van der Waals surface area contributed by atoms with Crippen LogP contribution in [0, 0.1) is 5.92 Å². The van der Waals surface area contributed by atoms with Gasteiger partial charge in [0.2, 0.25) is 0 Å². The molecule has 3 heteroatoms. The summed E-state index contributed by atoms with van der Waals surface area (Å²) in [6.07, 6.45) is 5.09. The maximum absolute atomic E-state index is 9.50. The number of nitrogens with zero attached hydrogens (tertiary/aromatic N) is 1. The van der Waals surface area contributed by atoms with Crippen LogP contribution in [0.15, 0.2) is 0 Å². The van der Waals surface area contributed by atoms with Crippen molar-refractivity contribution in [3.8, 4) is 0 Å². The Morgan fingerprint density at radius 3 is 2.86 bits per heavy atom. The quantitative estimate of drug-likeness (QED) is 0.688. The third-order valence-corrected chi connectivity index (χ3v) is 3.53. The molecule has 1 atom stereocenters. The zero-order chi connectivity index (χ0) is 10.0. The van der Waals surface area contributed by atoms with E-state index in [1.807, 2.05) is 0 Å². The number of hydrogen-bond donors (Lipinski definition) is 2. The van der Waals surface area contributed by atoms with Gasteiger partial charge in [-0.25, -0.2) is 0 Å². The first-order chi connectivity index (χ1) is 6.74. The highest BCUT2D eigenvalue weighted by Gasteiger charge is 2.34. The van der Waals surface area contributed by atoms with E-state index in [1.165, 1.54) is 25.8 Å². The Hall–Kier alpha value is -0.120. The van der Waals surface area contributed by atoms with Gasteiger partial charge >= 0.3 is 0 Å². The molecule has 1 saturated heterocycles. The van der Waals surface area contributed by atoms with Crippen LogP contribution in [0.25, 0.3) is 0 Å². The van der Waals surface area contributed by atoms with Crippen molar-refractivity contribution in [3.05, 3.63) is 0 Å². The van der Waals surface area contributed by atoms with Crippen molar-refractivity contribution in [2.24, 2.45) is 5.92 Å². The zero-order valence-electron chi connectivity index (χ0n) is 9.13. The fourth-order valence-corrected chi connectivity index (χ4v) is 2.37. The lowest BCUT2D eigenvalue weighted by Crippen LogP contribution is -2.58. The maximum Gasteiger partial charge on any atom is 0.0625 e. The second-order valence-electron chi connectivity index (χ2n) is 5.10. The minimum Gasteiger partial charge on any atom is -0.394 e. The van der Waals surface area contributed by atoms with Gasteiger partial charge in [0.05, 0.1) is 12.1 Å². The molecule has 1 unspecified atom stereocenters. The zero-order valence-corrected chi connectivity index (χ0v) is 9.13. The fourth-order valence-electron chi connectivity index (χ4n) is 2.37. The minimum absolute atomic E-state index is 0.00437. The van der Waals surface area contributed by atoms with Crippen LogP contribution in [0.4, 0.5) is 0 Å². The van der Waals surface area contributed by atoms with Crippen molar-refractivity contribution in [2.75, 3.05) is 33.3 Å². The maximum atomic E-state index is 9.50. The predicted molar refractivity (Wildman–Crippen MR) is 57.3 cm³/mol. The highest BCUT2D eigenvalue weighted by atomic mass is 16.3. The molecular weight excluding hydrogens is 176 g/mol. The van der Waals surface area contributed by atoms with E-state index in [2.05, 4.69) is 17.3 Å². The Morgan fingerprint density at radius 1 is 1.50 bits per heavy atom. The molecule has 3 nitrogen and oxygen atoms in total. The molecule has 0 aromatic heterocycles. The van der Waals surface area contributed by atoms with Crippen LogP contribution < -0.4 is 5.32 Å². The van der Waals surface area contributed by atoms with E-state index in [0.29, 0.717) is 0 Å². The lowest BCUT2D eigenvalue weighted by atomic mass is 9.90. The largest absolute Gasteiger partial charge is 0.394 e. The van der Waals surface area contributed by atoms with Gasteiger partial charge in [-0.05, 0) is 51.7 Å². The van der Waals surface area contributed by atoms with Gasteiger partial charge in [-0.1, -0.05) is 0 Å². The van der Waals surface area contributed by atoms with Crippen LogP contribution in [0.2, 0.25) is 0 Å². The Labute approximate surface area is 86.5 Å². The van der Waals surface area contributed by atoms with E-state index in [-0.39, 0.29) is 12.1 Å². The Balaban J connectivity index is 1.85. The second kappa shape index (κ2) is 4.17. The van der Waals surface area contributed by atoms with Gasteiger partial charge in [0, 0.05) is 6.54 Å². The van der Waals surface area contributed by atoms with Crippen LogP contribution in [0.5, 0.6) is 0 Å². The topological polar surface area (TPSA) is 35.5 Å². The molecule has 2 rings (SSSR count). The molecule has 0 radical (unpaired) electrons. The van der Waals surface area contributed by atoms with E-state index in [9.17, 15) is 5.11 Å². The lowest BCUT2D eigenvalue weighted by Gasteiger charge is -2.41. The van der Waals surface area contributed by atoms with E-state index in [1.54, 1.807) is 0 Å². The van der Waals surface area contributed by atoms with Crippen LogP contribution in [0.3, 0.4) is 0 Å². The molecule has 0 spiro atoms. The second-order valence-corrected chi connectivity index (χ2v) is 5.10. The first-order valence-electron chi connectivity index (χ1n) is 5.78. The van der Waals surface area contributed by atoms with Crippen molar-refractivity contribution in [1.29, 1.82) is 0 Å². The summed E-state index contributed by atoms with van der Waals surface area (Å²) in [7, 11) is 2.14. The van der Waals surface area contributed by atoms with Crippen LogP contribution in [-0.4, -0.2) is 48.8 Å². The minimum atomic E-state index is -0.00437. The molecule has 1 aliphatic heterocycles. The molecular formula is C11H22N2O. The van der Waals surface area contributed by atoms with Crippen molar-refractivity contribution in [2.45, 2.75) is 31.2 Å². The Morgan fingerprint density at radius 2 is 2.29 bits per heavy atom. The van der Waals surface area contributed by atoms with E-state index >= 15 is 0 Å². The van der Waals surface area contributed by atoms with Gasteiger partial charge in [0.1, 0.15) is 0 Å². The summed E-state index contributed by atoms with van der Waals surface area (Å²) in [5.74, 6) is 0.894. The molecule has 82 valence electrons. The average molecular weight is 198 g/mol. The molecule has 0 aromatic rings. The Kier molecular flexibility index (Phi) is 3.10. The van der Waals surface area contributed by atoms with Gasteiger partial charge in [-0.3, -0.25) is 0 Å². The molecule has 1 saturated carbocycles. The first-order valence-corrected chi connectivity index (χ1v) is 5.78. The summed E-state index contributed by atoms with van der Waals surface area (Å²) in [5.41, 5.74) is -0.00437. The third kappa shape index (κ3) is 2.47. The highest BCUT2D eigenvalue weighted by molar-refractivity contribution is 4.94. The number of hydrogen-bond acceptors (Lipinski definition) is 3. The number of aliphatic hydroxyl groups excluding tert-OH is 1. The summed E-state index contributed by atoms with van der Waals surface area (Å²) in [4.78, 5) is 2.32. The normalized spacial score (nSPS) is 34.7. The van der Waals surface area contributed by atoms with Crippen LogP contribution >= 0.6 is 0 Å². The van der Waals surface area contributed by atoms with Crippen molar-refractivity contribution in [3.63, 3.8) is 0 Å². The molecule has 1 heterocycles. The summed E-state index contributed by atoms with van der Waals surface area (Å²) < 4.78 is 0. The van der Waals surface area contributed by atoms with Crippen molar-refractivity contribution < 1.29 is 5.11 Å². The SMILES string of the molecule is CN1CCCC(CO)(NCC2CC2)C1. The molecule has 2 aliphatic rings. The first kappa shape index (κ1) is 10.4. The third-order valence-electron chi connectivity index (χ3n) is 3.53. The molecule has 0 aromatic carbocycles. The molecule has 1 aliphatic carbocycles. The van der Waals surface area contributed by atoms with Gasteiger partial charge < -0.3 is 15.3 Å². The average Bonchev–Trinajstić information content (AvgIpc) is 2.98.